The molecule has 0 amide bonds. The first-order valence-electron chi connectivity index (χ1n) is 4.98. The van der Waals surface area contributed by atoms with E-state index in [1.54, 1.807) is 0 Å². The molecule has 80 valence electrons. The average molecular weight is 227 g/mol. The second-order valence-corrected chi connectivity index (χ2v) is 4.43. The maximum Gasteiger partial charge on any atom is 0.271 e. The van der Waals surface area contributed by atoms with Gasteiger partial charge in [-0.25, -0.2) is 4.98 Å². The van der Waals surface area contributed by atoms with Gasteiger partial charge < -0.3 is 15.6 Å². The van der Waals surface area contributed by atoms with Gasteiger partial charge in [-0.1, -0.05) is 11.6 Å². The lowest BCUT2D eigenvalue weighted by molar-refractivity contribution is 0.695. The first kappa shape index (κ1) is 9.18. The molecule has 2 fully saturated rings. The summed E-state index contributed by atoms with van der Waals surface area (Å²) >= 11 is 5.84. The molecule has 0 radical (unpaired) electrons. The zero-order chi connectivity index (χ0) is 10.4. The molecular weight excluding hydrogens is 216 g/mol. The molecule has 2 unspecified atom stereocenters. The number of nitrogens with one attached hydrogen (secondary N) is 3. The highest BCUT2D eigenvalue weighted by molar-refractivity contribution is 6.32. The Hall–Kier alpha value is -1.07. The molecule has 1 saturated heterocycles. The van der Waals surface area contributed by atoms with E-state index in [4.69, 9.17) is 11.6 Å². The van der Waals surface area contributed by atoms with E-state index in [1.165, 1.54) is 6.33 Å². The molecule has 1 aliphatic carbocycles. The molecule has 2 aliphatic rings. The molecular formula is C9H11ClN4O. The van der Waals surface area contributed by atoms with E-state index < -0.39 is 0 Å². The van der Waals surface area contributed by atoms with Crippen molar-refractivity contribution in [1.29, 1.82) is 0 Å². The molecule has 0 aromatic carbocycles. The number of hydrogen-bond acceptors (Lipinski definition) is 4. The zero-order valence-corrected chi connectivity index (χ0v) is 8.71. The van der Waals surface area contributed by atoms with Crippen LogP contribution >= 0.6 is 11.6 Å². The van der Waals surface area contributed by atoms with E-state index >= 15 is 0 Å². The molecule has 6 heteroatoms. The summed E-state index contributed by atoms with van der Waals surface area (Å²) in [6.07, 6.45) is 1.37. The van der Waals surface area contributed by atoms with Gasteiger partial charge in [-0.05, 0) is 11.8 Å². The Kier molecular flexibility index (Phi) is 1.97. The average Bonchev–Trinajstić information content (AvgIpc) is 2.69. The van der Waals surface area contributed by atoms with Crippen molar-refractivity contribution in [2.45, 2.75) is 6.04 Å². The summed E-state index contributed by atoms with van der Waals surface area (Å²) in [5.74, 6) is 1.84. The fourth-order valence-corrected chi connectivity index (χ4v) is 2.43. The third-order valence-electron chi connectivity index (χ3n) is 3.19. The van der Waals surface area contributed by atoms with E-state index in [-0.39, 0.29) is 10.6 Å². The lowest BCUT2D eigenvalue weighted by atomic mass is 10.4. The van der Waals surface area contributed by atoms with Crippen LogP contribution in [0, 0.1) is 11.8 Å². The van der Waals surface area contributed by atoms with Gasteiger partial charge in [-0.3, -0.25) is 4.79 Å². The Morgan fingerprint density at radius 1 is 1.47 bits per heavy atom. The molecule has 1 aromatic rings. The van der Waals surface area contributed by atoms with Crippen molar-refractivity contribution in [3.05, 3.63) is 21.7 Å². The number of piperidine rings is 1. The van der Waals surface area contributed by atoms with Crippen LogP contribution in [0.25, 0.3) is 0 Å². The molecule has 15 heavy (non-hydrogen) atoms. The minimum Gasteiger partial charge on any atom is -0.365 e. The fraction of sp³-hybridized carbons (Fsp3) is 0.556. The summed E-state index contributed by atoms with van der Waals surface area (Å²) in [6.45, 7) is 2.09. The van der Waals surface area contributed by atoms with Crippen LogP contribution in [0.5, 0.6) is 0 Å². The van der Waals surface area contributed by atoms with Gasteiger partial charge in [0.05, 0.1) is 6.33 Å². The molecule has 0 spiro atoms. The lowest BCUT2D eigenvalue weighted by Gasteiger charge is -2.08. The predicted molar refractivity (Wildman–Crippen MR) is 57.1 cm³/mol. The highest BCUT2D eigenvalue weighted by Crippen LogP contribution is 2.43. The van der Waals surface area contributed by atoms with Crippen molar-refractivity contribution in [3.8, 4) is 0 Å². The van der Waals surface area contributed by atoms with E-state index in [0.29, 0.717) is 23.7 Å². The number of fused-ring (bicyclic) bond motifs is 1. The van der Waals surface area contributed by atoms with Crippen molar-refractivity contribution < 1.29 is 0 Å². The zero-order valence-electron chi connectivity index (χ0n) is 7.96. The largest absolute Gasteiger partial charge is 0.365 e. The third-order valence-corrected chi connectivity index (χ3v) is 3.54. The quantitative estimate of drug-likeness (QED) is 0.667. The summed E-state index contributed by atoms with van der Waals surface area (Å²) in [5, 5.41) is 6.67. The fourth-order valence-electron chi connectivity index (χ4n) is 2.27. The molecule has 0 bridgehead atoms. The number of hydrogen-bond donors (Lipinski definition) is 3. The van der Waals surface area contributed by atoms with E-state index in [2.05, 4.69) is 20.6 Å². The van der Waals surface area contributed by atoms with Gasteiger partial charge in [-0.15, -0.1) is 0 Å². The SMILES string of the molecule is O=c1[nH]cnc(NC2C3CNCC32)c1Cl. The lowest BCUT2D eigenvalue weighted by Crippen LogP contribution is -2.23. The van der Waals surface area contributed by atoms with E-state index in [0.717, 1.165) is 13.1 Å². The minimum atomic E-state index is -0.293. The summed E-state index contributed by atoms with van der Waals surface area (Å²) in [6, 6.07) is 0.429. The maximum atomic E-state index is 11.2. The van der Waals surface area contributed by atoms with Crippen LogP contribution in [-0.2, 0) is 0 Å². The van der Waals surface area contributed by atoms with Crippen molar-refractivity contribution in [2.75, 3.05) is 18.4 Å². The number of nitrogens with zero attached hydrogens (tertiary/aromatic N) is 1. The Morgan fingerprint density at radius 2 is 2.20 bits per heavy atom. The first-order valence-corrected chi connectivity index (χ1v) is 5.35. The summed E-state index contributed by atoms with van der Waals surface area (Å²) in [5.41, 5.74) is -0.293. The number of aromatic amines is 1. The number of anilines is 1. The van der Waals surface area contributed by atoms with Crippen molar-refractivity contribution in [3.63, 3.8) is 0 Å². The first-order chi connectivity index (χ1) is 7.27. The Balaban J connectivity index is 1.78. The molecule has 5 nitrogen and oxygen atoms in total. The Morgan fingerprint density at radius 3 is 2.93 bits per heavy atom. The van der Waals surface area contributed by atoms with Gasteiger partial charge in [0.1, 0.15) is 5.02 Å². The monoisotopic (exact) mass is 226 g/mol. The Bertz CT molecular complexity index is 436. The number of H-pyrrole nitrogens is 1. The molecule has 1 aromatic heterocycles. The smallest absolute Gasteiger partial charge is 0.271 e. The minimum absolute atomic E-state index is 0.149. The second-order valence-electron chi connectivity index (χ2n) is 4.05. The van der Waals surface area contributed by atoms with Gasteiger partial charge in [0, 0.05) is 19.1 Å². The topological polar surface area (TPSA) is 69.8 Å². The van der Waals surface area contributed by atoms with Crippen LogP contribution in [0.4, 0.5) is 5.82 Å². The van der Waals surface area contributed by atoms with Crippen LogP contribution in [0.3, 0.4) is 0 Å². The maximum absolute atomic E-state index is 11.2. The Labute approximate surface area is 91.2 Å². The summed E-state index contributed by atoms with van der Waals surface area (Å²) in [7, 11) is 0. The van der Waals surface area contributed by atoms with Crippen LogP contribution in [-0.4, -0.2) is 29.1 Å². The van der Waals surface area contributed by atoms with Crippen LogP contribution in [0.1, 0.15) is 0 Å². The van der Waals surface area contributed by atoms with Crippen LogP contribution in [0.2, 0.25) is 5.02 Å². The van der Waals surface area contributed by atoms with Gasteiger partial charge in [-0.2, -0.15) is 0 Å². The molecule has 2 heterocycles. The van der Waals surface area contributed by atoms with E-state index in [9.17, 15) is 4.79 Å². The standard InChI is InChI=1S/C9H11ClN4O/c10-6-8(12-3-13-9(6)15)14-7-4-1-11-2-5(4)7/h3-5,7,11H,1-2H2,(H2,12,13,14,15). The highest BCUT2D eigenvalue weighted by Gasteiger charge is 2.53. The number of halogens is 1. The summed E-state index contributed by atoms with van der Waals surface area (Å²) < 4.78 is 0. The van der Waals surface area contributed by atoms with E-state index in [1.807, 2.05) is 0 Å². The van der Waals surface area contributed by atoms with Crippen LogP contribution < -0.4 is 16.2 Å². The summed E-state index contributed by atoms with van der Waals surface area (Å²) in [4.78, 5) is 17.7. The van der Waals surface area contributed by atoms with Gasteiger partial charge >= 0.3 is 0 Å². The normalized spacial score (nSPS) is 32.5. The van der Waals surface area contributed by atoms with Crippen molar-refractivity contribution >= 4 is 17.4 Å². The number of rotatable bonds is 2. The molecule has 1 aliphatic heterocycles. The molecule has 1 saturated carbocycles. The van der Waals surface area contributed by atoms with Gasteiger partial charge in [0.25, 0.3) is 5.56 Å². The van der Waals surface area contributed by atoms with Gasteiger partial charge in [0.2, 0.25) is 0 Å². The number of aromatic nitrogens is 2. The second kappa shape index (κ2) is 3.21. The van der Waals surface area contributed by atoms with Crippen molar-refractivity contribution in [1.82, 2.24) is 15.3 Å². The predicted octanol–water partition coefficient (Wildman–Crippen LogP) is 0.0530. The molecule has 3 N–H and O–H groups in total. The highest BCUT2D eigenvalue weighted by atomic mass is 35.5. The molecule has 3 rings (SSSR count). The third kappa shape index (κ3) is 1.42. The van der Waals surface area contributed by atoms with Crippen molar-refractivity contribution in [2.24, 2.45) is 11.8 Å². The molecule has 2 atom stereocenters. The van der Waals surface area contributed by atoms with Crippen LogP contribution in [0.15, 0.2) is 11.1 Å². The van der Waals surface area contributed by atoms with Gasteiger partial charge in [0.15, 0.2) is 5.82 Å².